The van der Waals surface area contributed by atoms with Crippen molar-refractivity contribution < 1.29 is 24.3 Å². The number of primary amides is 1. The van der Waals surface area contributed by atoms with Crippen molar-refractivity contribution in [3.63, 3.8) is 0 Å². The van der Waals surface area contributed by atoms with Gasteiger partial charge >= 0.3 is 5.97 Å². The van der Waals surface area contributed by atoms with Crippen LogP contribution in [0.4, 0.5) is 0 Å². The predicted molar refractivity (Wildman–Crippen MR) is 83.7 cm³/mol. The van der Waals surface area contributed by atoms with Crippen molar-refractivity contribution in [2.75, 3.05) is 0 Å². The first kappa shape index (κ1) is 17.5. The molecule has 8 heteroatoms. The highest BCUT2D eigenvalue weighted by atomic mass is 16.4. The monoisotopic (exact) mass is 333 g/mol. The zero-order valence-corrected chi connectivity index (χ0v) is 13.0. The Balaban J connectivity index is 1.90. The highest BCUT2D eigenvalue weighted by molar-refractivity contribution is 5.97. The molecule has 1 aromatic carbocycles. The quantitative estimate of drug-likeness (QED) is 0.520. The Labute approximate surface area is 138 Å². The van der Waals surface area contributed by atoms with E-state index in [1.165, 1.54) is 12.1 Å². The SMILES string of the molecule is NC(=O)CC(NC(=O)c1ccc(CNC(=O)C2CC2)cc1)C(=O)O. The highest BCUT2D eigenvalue weighted by Gasteiger charge is 2.29. The Kier molecular flexibility index (Phi) is 5.51. The zero-order chi connectivity index (χ0) is 17.7. The lowest BCUT2D eigenvalue weighted by Crippen LogP contribution is -2.43. The van der Waals surface area contributed by atoms with E-state index >= 15 is 0 Å². The maximum absolute atomic E-state index is 12.0. The fourth-order valence-electron chi connectivity index (χ4n) is 2.10. The van der Waals surface area contributed by atoms with E-state index in [-0.39, 0.29) is 17.4 Å². The van der Waals surface area contributed by atoms with Crippen molar-refractivity contribution in [2.24, 2.45) is 11.7 Å². The molecule has 0 spiro atoms. The normalized spacial score (nSPS) is 14.5. The summed E-state index contributed by atoms with van der Waals surface area (Å²) in [5.74, 6) is -2.59. The first-order valence-electron chi connectivity index (χ1n) is 7.55. The van der Waals surface area contributed by atoms with E-state index in [0.717, 1.165) is 18.4 Å². The number of carbonyl (C=O) groups excluding carboxylic acids is 3. The van der Waals surface area contributed by atoms with Crippen LogP contribution in [0, 0.1) is 5.92 Å². The van der Waals surface area contributed by atoms with Crippen molar-refractivity contribution in [1.29, 1.82) is 0 Å². The van der Waals surface area contributed by atoms with Crippen LogP contribution in [0.25, 0.3) is 0 Å². The topological polar surface area (TPSA) is 139 Å². The lowest BCUT2D eigenvalue weighted by atomic mass is 10.1. The maximum Gasteiger partial charge on any atom is 0.326 e. The Morgan fingerprint density at radius 3 is 2.29 bits per heavy atom. The first-order valence-corrected chi connectivity index (χ1v) is 7.55. The van der Waals surface area contributed by atoms with Crippen LogP contribution in [-0.4, -0.2) is 34.8 Å². The fraction of sp³-hybridized carbons (Fsp3) is 0.375. The molecule has 5 N–H and O–H groups in total. The van der Waals surface area contributed by atoms with Gasteiger partial charge in [0.15, 0.2) is 0 Å². The summed E-state index contributed by atoms with van der Waals surface area (Å²) in [7, 11) is 0. The first-order chi connectivity index (χ1) is 11.4. The van der Waals surface area contributed by atoms with Gasteiger partial charge in [0.1, 0.15) is 6.04 Å². The molecule has 1 aliphatic rings. The molecule has 128 valence electrons. The summed E-state index contributed by atoms with van der Waals surface area (Å²) < 4.78 is 0. The fourth-order valence-corrected chi connectivity index (χ4v) is 2.10. The smallest absolute Gasteiger partial charge is 0.326 e. The largest absolute Gasteiger partial charge is 0.480 e. The lowest BCUT2D eigenvalue weighted by molar-refractivity contribution is -0.140. The number of hydrogen-bond acceptors (Lipinski definition) is 4. The molecule has 0 heterocycles. The second-order valence-electron chi connectivity index (χ2n) is 5.72. The number of hydrogen-bond donors (Lipinski definition) is 4. The van der Waals surface area contributed by atoms with Gasteiger partial charge in [-0.25, -0.2) is 4.79 Å². The highest BCUT2D eigenvalue weighted by Crippen LogP contribution is 2.28. The molecule has 1 saturated carbocycles. The van der Waals surface area contributed by atoms with Gasteiger partial charge in [-0.1, -0.05) is 12.1 Å². The third-order valence-electron chi connectivity index (χ3n) is 3.64. The summed E-state index contributed by atoms with van der Waals surface area (Å²) in [5.41, 5.74) is 6.04. The number of carbonyl (C=O) groups is 4. The number of amides is 3. The van der Waals surface area contributed by atoms with E-state index in [2.05, 4.69) is 10.6 Å². The minimum Gasteiger partial charge on any atom is -0.480 e. The van der Waals surface area contributed by atoms with E-state index < -0.39 is 30.2 Å². The molecule has 24 heavy (non-hydrogen) atoms. The molecule has 0 saturated heterocycles. The van der Waals surface area contributed by atoms with Crippen LogP contribution in [0.1, 0.15) is 35.2 Å². The van der Waals surface area contributed by atoms with E-state index in [9.17, 15) is 19.2 Å². The lowest BCUT2D eigenvalue weighted by Gasteiger charge is -2.13. The zero-order valence-electron chi connectivity index (χ0n) is 13.0. The van der Waals surface area contributed by atoms with Crippen molar-refractivity contribution in [1.82, 2.24) is 10.6 Å². The summed E-state index contributed by atoms with van der Waals surface area (Å²) in [5, 5.41) is 14.0. The van der Waals surface area contributed by atoms with Crippen LogP contribution in [0.3, 0.4) is 0 Å². The summed E-state index contributed by atoms with van der Waals surface area (Å²) in [4.78, 5) is 45.4. The second kappa shape index (κ2) is 7.58. The van der Waals surface area contributed by atoms with Crippen LogP contribution >= 0.6 is 0 Å². The van der Waals surface area contributed by atoms with E-state index in [4.69, 9.17) is 10.8 Å². The van der Waals surface area contributed by atoms with E-state index in [0.29, 0.717) is 6.54 Å². The number of benzene rings is 1. The van der Waals surface area contributed by atoms with Gasteiger partial charge in [-0.2, -0.15) is 0 Å². The van der Waals surface area contributed by atoms with Crippen LogP contribution in [0.2, 0.25) is 0 Å². The third-order valence-corrected chi connectivity index (χ3v) is 3.64. The number of carboxylic acids is 1. The number of rotatable bonds is 8. The Hall–Kier alpha value is -2.90. The molecule has 3 amide bonds. The molecule has 0 aliphatic heterocycles. The molecule has 2 rings (SSSR count). The molecule has 1 aromatic rings. The van der Waals surface area contributed by atoms with Gasteiger partial charge in [-0.05, 0) is 30.5 Å². The molecule has 8 nitrogen and oxygen atoms in total. The summed E-state index contributed by atoms with van der Waals surface area (Å²) in [6.45, 7) is 0.372. The maximum atomic E-state index is 12.0. The van der Waals surface area contributed by atoms with Crippen LogP contribution < -0.4 is 16.4 Å². The van der Waals surface area contributed by atoms with Gasteiger partial charge in [0.2, 0.25) is 11.8 Å². The summed E-state index contributed by atoms with van der Waals surface area (Å²) in [6, 6.07) is 5.03. The minimum absolute atomic E-state index is 0.0348. The van der Waals surface area contributed by atoms with Gasteiger partial charge in [0, 0.05) is 18.0 Å². The predicted octanol–water partition coefficient (Wildman–Crippen LogP) is -0.229. The van der Waals surface area contributed by atoms with Gasteiger partial charge in [0.05, 0.1) is 6.42 Å². The minimum atomic E-state index is -1.37. The van der Waals surface area contributed by atoms with Crippen LogP contribution in [0.5, 0.6) is 0 Å². The molecule has 0 radical (unpaired) electrons. The molecule has 1 aliphatic carbocycles. The summed E-state index contributed by atoms with van der Waals surface area (Å²) in [6.07, 6.45) is 1.38. The average molecular weight is 333 g/mol. The molecular formula is C16H19N3O5. The van der Waals surface area contributed by atoms with Gasteiger partial charge < -0.3 is 21.5 Å². The molecule has 1 fully saturated rings. The van der Waals surface area contributed by atoms with E-state index in [1.54, 1.807) is 12.1 Å². The van der Waals surface area contributed by atoms with Crippen LogP contribution in [-0.2, 0) is 20.9 Å². The van der Waals surface area contributed by atoms with Crippen LogP contribution in [0.15, 0.2) is 24.3 Å². The summed E-state index contributed by atoms with van der Waals surface area (Å²) >= 11 is 0. The third kappa shape index (κ3) is 5.08. The molecule has 0 bridgehead atoms. The molecular weight excluding hydrogens is 314 g/mol. The standard InChI is InChI=1S/C16H19N3O5/c17-13(20)7-12(16(23)24)19-15(22)11-3-1-9(2-4-11)8-18-14(21)10-5-6-10/h1-4,10,12H,5-8H2,(H2,17,20)(H,18,21)(H,19,22)(H,23,24). The number of aliphatic carboxylic acids is 1. The van der Waals surface area contributed by atoms with Crippen molar-refractivity contribution >= 4 is 23.7 Å². The second-order valence-corrected chi connectivity index (χ2v) is 5.72. The Bertz CT molecular complexity index is 652. The van der Waals surface area contributed by atoms with E-state index in [1.807, 2.05) is 0 Å². The Morgan fingerprint density at radius 1 is 1.17 bits per heavy atom. The van der Waals surface area contributed by atoms with Gasteiger partial charge in [-0.15, -0.1) is 0 Å². The van der Waals surface area contributed by atoms with Gasteiger partial charge in [-0.3, -0.25) is 14.4 Å². The Morgan fingerprint density at radius 2 is 1.79 bits per heavy atom. The van der Waals surface area contributed by atoms with Gasteiger partial charge in [0.25, 0.3) is 5.91 Å². The molecule has 1 unspecified atom stereocenters. The number of nitrogens with one attached hydrogen (secondary N) is 2. The van der Waals surface area contributed by atoms with Crippen molar-refractivity contribution in [2.45, 2.75) is 31.8 Å². The molecule has 1 atom stereocenters. The molecule has 0 aromatic heterocycles. The number of nitrogens with two attached hydrogens (primary N) is 1. The van der Waals surface area contributed by atoms with Crippen molar-refractivity contribution in [3.05, 3.63) is 35.4 Å². The average Bonchev–Trinajstić information content (AvgIpc) is 3.36. The van der Waals surface area contributed by atoms with Crippen molar-refractivity contribution in [3.8, 4) is 0 Å². The number of carboxylic acid groups (broad SMARTS) is 1.